The lowest BCUT2D eigenvalue weighted by Crippen LogP contribution is -2.50. The Morgan fingerprint density at radius 1 is 1.03 bits per heavy atom. The minimum Gasteiger partial charge on any atom is -0.360 e. The fraction of sp³-hybridized carbons (Fsp3) is 0.238. The highest BCUT2D eigenvalue weighted by Crippen LogP contribution is 2.37. The van der Waals surface area contributed by atoms with Gasteiger partial charge in [0.15, 0.2) is 0 Å². The van der Waals surface area contributed by atoms with E-state index >= 15 is 0 Å². The zero-order valence-corrected chi connectivity index (χ0v) is 19.2. The lowest BCUT2D eigenvalue weighted by molar-refractivity contribution is 0.0696. The Labute approximate surface area is 194 Å². The largest absolute Gasteiger partial charge is 0.360 e. The summed E-state index contributed by atoms with van der Waals surface area (Å²) in [6, 6.07) is 10.2. The number of hydrogen-bond acceptors (Lipinski definition) is 5. The molecule has 11 heteroatoms. The molecule has 168 valence electrons. The van der Waals surface area contributed by atoms with Crippen LogP contribution in [0.4, 0.5) is 4.39 Å². The second-order valence-electron chi connectivity index (χ2n) is 7.19. The second kappa shape index (κ2) is 8.82. The first kappa shape index (κ1) is 22.7. The minimum atomic E-state index is -4.01. The lowest BCUT2D eigenvalue weighted by atomic mass is 10.0. The molecule has 1 saturated heterocycles. The van der Waals surface area contributed by atoms with Crippen LogP contribution < -0.4 is 0 Å². The van der Waals surface area contributed by atoms with Crippen molar-refractivity contribution in [2.24, 2.45) is 0 Å². The fourth-order valence-electron chi connectivity index (χ4n) is 3.60. The van der Waals surface area contributed by atoms with Crippen molar-refractivity contribution >= 4 is 39.1 Å². The molecule has 1 aliphatic heterocycles. The molecule has 4 rings (SSSR count). The van der Waals surface area contributed by atoms with Crippen LogP contribution in [-0.2, 0) is 10.0 Å². The van der Waals surface area contributed by atoms with Gasteiger partial charge in [-0.05, 0) is 31.2 Å². The number of amides is 1. The van der Waals surface area contributed by atoms with Gasteiger partial charge in [0.25, 0.3) is 5.91 Å². The maximum absolute atomic E-state index is 14.0. The number of halogens is 3. The highest BCUT2D eigenvalue weighted by Gasteiger charge is 2.34. The number of aryl methyl sites for hydroxylation is 1. The van der Waals surface area contributed by atoms with Crippen molar-refractivity contribution in [3.63, 3.8) is 0 Å². The van der Waals surface area contributed by atoms with Gasteiger partial charge in [0, 0.05) is 31.7 Å². The summed E-state index contributed by atoms with van der Waals surface area (Å²) in [4.78, 5) is 14.4. The topological polar surface area (TPSA) is 83.7 Å². The molecular weight excluding hydrogens is 480 g/mol. The standard InChI is InChI=1S/C21H18Cl2FN3O4S/c1-13-18(20(25-31-13)19-14(22)5-4-6-15(19)23)21(28)26-9-11-27(12-10-26)32(29,30)17-8-3-2-7-16(17)24/h2-8H,9-12H2,1H3. The summed E-state index contributed by atoms with van der Waals surface area (Å²) < 4.78 is 46.1. The third-order valence-corrected chi connectivity index (χ3v) is 7.82. The zero-order valence-electron chi connectivity index (χ0n) is 16.9. The highest BCUT2D eigenvalue weighted by atomic mass is 35.5. The van der Waals surface area contributed by atoms with Crippen molar-refractivity contribution in [2.45, 2.75) is 11.8 Å². The van der Waals surface area contributed by atoms with E-state index in [1.54, 1.807) is 25.1 Å². The molecule has 1 fully saturated rings. The van der Waals surface area contributed by atoms with Gasteiger partial charge in [-0.1, -0.05) is 46.6 Å². The molecule has 7 nitrogen and oxygen atoms in total. The van der Waals surface area contributed by atoms with E-state index < -0.39 is 15.8 Å². The number of benzene rings is 2. The maximum atomic E-state index is 14.0. The number of sulfonamides is 1. The first-order valence-electron chi connectivity index (χ1n) is 9.66. The molecule has 2 aromatic carbocycles. The quantitative estimate of drug-likeness (QED) is 0.538. The Kier molecular flexibility index (Phi) is 6.26. The molecule has 2 heterocycles. The number of carbonyl (C=O) groups is 1. The van der Waals surface area contributed by atoms with Gasteiger partial charge >= 0.3 is 0 Å². The Bertz CT molecular complexity index is 1270. The molecule has 1 amide bonds. The van der Waals surface area contributed by atoms with Crippen LogP contribution in [0.2, 0.25) is 10.0 Å². The van der Waals surface area contributed by atoms with E-state index in [1.165, 1.54) is 27.4 Å². The predicted molar refractivity (Wildman–Crippen MR) is 118 cm³/mol. The van der Waals surface area contributed by atoms with Gasteiger partial charge in [-0.2, -0.15) is 4.31 Å². The summed E-state index contributed by atoms with van der Waals surface area (Å²) in [6.07, 6.45) is 0. The Morgan fingerprint density at radius 3 is 2.28 bits per heavy atom. The third-order valence-electron chi connectivity index (χ3n) is 5.26. The first-order valence-corrected chi connectivity index (χ1v) is 11.9. The number of rotatable bonds is 4. The van der Waals surface area contributed by atoms with Crippen LogP contribution in [0.5, 0.6) is 0 Å². The number of aromatic nitrogens is 1. The van der Waals surface area contributed by atoms with Crippen LogP contribution in [0.25, 0.3) is 11.3 Å². The minimum absolute atomic E-state index is 0.0227. The van der Waals surface area contributed by atoms with E-state index in [1.807, 2.05) is 0 Å². The fourth-order valence-corrected chi connectivity index (χ4v) is 5.67. The highest BCUT2D eigenvalue weighted by molar-refractivity contribution is 7.89. The number of nitrogens with zero attached hydrogens (tertiary/aromatic N) is 3. The van der Waals surface area contributed by atoms with Crippen LogP contribution >= 0.6 is 23.2 Å². The van der Waals surface area contributed by atoms with Crippen LogP contribution in [0.1, 0.15) is 16.1 Å². The Morgan fingerprint density at radius 2 is 1.66 bits per heavy atom. The third kappa shape index (κ3) is 4.01. The summed E-state index contributed by atoms with van der Waals surface area (Å²) >= 11 is 12.6. The summed E-state index contributed by atoms with van der Waals surface area (Å²) in [5.41, 5.74) is 0.826. The number of carbonyl (C=O) groups excluding carboxylic acids is 1. The molecule has 1 aromatic heterocycles. The van der Waals surface area contributed by atoms with Gasteiger partial charge < -0.3 is 9.42 Å². The van der Waals surface area contributed by atoms with Crippen molar-refractivity contribution in [1.29, 1.82) is 0 Å². The van der Waals surface area contributed by atoms with Gasteiger partial charge in [0.1, 0.15) is 27.7 Å². The van der Waals surface area contributed by atoms with E-state index in [0.29, 0.717) is 21.4 Å². The monoisotopic (exact) mass is 497 g/mol. The van der Waals surface area contributed by atoms with Crippen molar-refractivity contribution in [1.82, 2.24) is 14.4 Å². The molecule has 0 N–H and O–H groups in total. The van der Waals surface area contributed by atoms with Gasteiger partial charge in [0.2, 0.25) is 10.0 Å². The van der Waals surface area contributed by atoms with Gasteiger partial charge in [-0.3, -0.25) is 4.79 Å². The molecule has 0 radical (unpaired) electrons. The van der Waals surface area contributed by atoms with Crippen LogP contribution in [-0.4, -0.2) is 54.9 Å². The van der Waals surface area contributed by atoms with Crippen molar-refractivity contribution in [3.05, 3.63) is 69.7 Å². The first-order chi connectivity index (χ1) is 15.2. The van der Waals surface area contributed by atoms with Crippen molar-refractivity contribution < 1.29 is 22.1 Å². The Balaban J connectivity index is 1.57. The van der Waals surface area contributed by atoms with Crippen LogP contribution in [0.3, 0.4) is 0 Å². The summed E-state index contributed by atoms with van der Waals surface area (Å²) in [5.74, 6) is -0.896. The Hall–Kier alpha value is -2.46. The van der Waals surface area contributed by atoms with Gasteiger partial charge in [0.05, 0.1) is 10.0 Å². The zero-order chi connectivity index (χ0) is 23.0. The molecule has 0 unspecified atom stereocenters. The molecule has 0 spiro atoms. The molecule has 32 heavy (non-hydrogen) atoms. The predicted octanol–water partition coefficient (Wildman–Crippen LogP) is 4.24. The smallest absolute Gasteiger partial charge is 0.259 e. The van der Waals surface area contributed by atoms with E-state index in [4.69, 9.17) is 27.7 Å². The number of piperazine rings is 1. The maximum Gasteiger partial charge on any atom is 0.259 e. The molecule has 0 aliphatic carbocycles. The molecule has 0 bridgehead atoms. The van der Waals surface area contributed by atoms with E-state index in [0.717, 1.165) is 6.07 Å². The van der Waals surface area contributed by atoms with E-state index in [9.17, 15) is 17.6 Å². The average molecular weight is 498 g/mol. The average Bonchev–Trinajstić information content (AvgIpc) is 3.14. The second-order valence-corrected chi connectivity index (χ2v) is 9.91. The molecular formula is C21H18Cl2FN3O4S. The van der Waals surface area contributed by atoms with Gasteiger partial charge in [-0.25, -0.2) is 12.8 Å². The molecule has 0 saturated carbocycles. The van der Waals surface area contributed by atoms with Crippen molar-refractivity contribution in [2.75, 3.05) is 26.2 Å². The van der Waals surface area contributed by atoms with Gasteiger partial charge in [-0.15, -0.1) is 0 Å². The molecule has 3 aromatic rings. The summed E-state index contributed by atoms with van der Waals surface area (Å²) in [5, 5.41) is 4.63. The summed E-state index contributed by atoms with van der Waals surface area (Å²) in [7, 11) is -4.01. The van der Waals surface area contributed by atoms with E-state index in [-0.39, 0.29) is 48.2 Å². The number of hydrogen-bond donors (Lipinski definition) is 0. The van der Waals surface area contributed by atoms with Crippen molar-refractivity contribution in [3.8, 4) is 11.3 Å². The SMILES string of the molecule is Cc1onc(-c2c(Cl)cccc2Cl)c1C(=O)N1CCN(S(=O)(=O)c2ccccc2F)CC1. The summed E-state index contributed by atoms with van der Waals surface area (Å²) in [6.45, 7) is 1.89. The van der Waals surface area contributed by atoms with Crippen LogP contribution in [0.15, 0.2) is 51.9 Å². The van der Waals surface area contributed by atoms with Crippen LogP contribution in [0, 0.1) is 12.7 Å². The molecule has 0 atom stereocenters. The normalized spacial score (nSPS) is 15.2. The molecule has 1 aliphatic rings. The van der Waals surface area contributed by atoms with E-state index in [2.05, 4.69) is 5.16 Å². The lowest BCUT2D eigenvalue weighted by Gasteiger charge is -2.34.